The highest BCUT2D eigenvalue weighted by molar-refractivity contribution is 6.14. The Morgan fingerprint density at radius 3 is 1.27 bits per heavy atom. The van der Waals surface area contributed by atoms with Crippen molar-refractivity contribution in [3.63, 3.8) is 0 Å². The van der Waals surface area contributed by atoms with Gasteiger partial charge in [0.2, 0.25) is 0 Å². The van der Waals surface area contributed by atoms with Gasteiger partial charge in [0.15, 0.2) is 0 Å². The van der Waals surface area contributed by atoms with Crippen molar-refractivity contribution in [2.75, 3.05) is 9.80 Å². The molecule has 2 heteroatoms. The highest BCUT2D eigenvalue weighted by atomic mass is 15.1. The molecule has 0 aromatic heterocycles. The second kappa shape index (κ2) is 12.8. The SMILES string of the molecule is Cc1ccc(N(c2ccccc2)c2ccc(-c3c(C)cc(N(c4ccccc4)c4ccc(C)cc4)c4ccccc34)c3ccccc23)cc1. The fourth-order valence-corrected chi connectivity index (χ4v) is 7.13. The molecule has 0 unspecified atom stereocenters. The average Bonchev–Trinajstić information content (AvgIpc) is 3.15. The van der Waals surface area contributed by atoms with Crippen molar-refractivity contribution in [2.45, 2.75) is 20.8 Å². The normalized spacial score (nSPS) is 11.2. The van der Waals surface area contributed by atoms with E-state index in [9.17, 15) is 0 Å². The van der Waals surface area contributed by atoms with Gasteiger partial charge >= 0.3 is 0 Å². The Labute approximate surface area is 289 Å². The van der Waals surface area contributed by atoms with Crippen molar-refractivity contribution in [1.82, 2.24) is 0 Å². The van der Waals surface area contributed by atoms with Crippen LogP contribution in [0.15, 0.2) is 176 Å². The molecule has 8 aromatic carbocycles. The van der Waals surface area contributed by atoms with Crippen molar-refractivity contribution in [3.05, 3.63) is 193 Å². The molecule has 8 rings (SSSR count). The zero-order valence-corrected chi connectivity index (χ0v) is 28.1. The molecule has 8 aromatic rings. The Morgan fingerprint density at radius 1 is 0.327 bits per heavy atom. The molecule has 0 saturated carbocycles. The summed E-state index contributed by atoms with van der Waals surface area (Å²) in [5, 5.41) is 4.89. The quantitative estimate of drug-likeness (QED) is 0.173. The van der Waals surface area contributed by atoms with E-state index in [2.05, 4.69) is 206 Å². The summed E-state index contributed by atoms with van der Waals surface area (Å²) in [7, 11) is 0. The predicted octanol–water partition coefficient (Wildman–Crippen LogP) is 13.5. The smallest absolute Gasteiger partial charge is 0.0543 e. The Morgan fingerprint density at radius 2 is 0.735 bits per heavy atom. The van der Waals surface area contributed by atoms with Crippen molar-refractivity contribution < 1.29 is 0 Å². The summed E-state index contributed by atoms with van der Waals surface area (Å²) < 4.78 is 0. The molecule has 0 aliphatic carbocycles. The number of anilines is 6. The maximum absolute atomic E-state index is 2.39. The Hall–Kier alpha value is -6.12. The number of hydrogen-bond acceptors (Lipinski definition) is 2. The summed E-state index contributed by atoms with van der Waals surface area (Å²) in [5.74, 6) is 0. The van der Waals surface area contributed by atoms with Crippen LogP contribution in [0.3, 0.4) is 0 Å². The molecular formula is C47H38N2. The van der Waals surface area contributed by atoms with E-state index in [0.29, 0.717) is 0 Å². The van der Waals surface area contributed by atoms with Gasteiger partial charge in [-0.05, 0) is 109 Å². The van der Waals surface area contributed by atoms with E-state index in [4.69, 9.17) is 0 Å². The van der Waals surface area contributed by atoms with Gasteiger partial charge in [-0.3, -0.25) is 0 Å². The molecule has 0 aliphatic rings. The number of para-hydroxylation sites is 2. The van der Waals surface area contributed by atoms with E-state index < -0.39 is 0 Å². The van der Waals surface area contributed by atoms with Crippen molar-refractivity contribution in [1.29, 1.82) is 0 Å². The van der Waals surface area contributed by atoms with Crippen molar-refractivity contribution in [2.24, 2.45) is 0 Å². The first-order chi connectivity index (χ1) is 24.1. The van der Waals surface area contributed by atoms with E-state index >= 15 is 0 Å². The minimum absolute atomic E-state index is 1.13. The van der Waals surface area contributed by atoms with E-state index in [1.165, 1.54) is 55.0 Å². The molecule has 0 heterocycles. The van der Waals surface area contributed by atoms with Crippen molar-refractivity contribution in [3.8, 4) is 11.1 Å². The van der Waals surface area contributed by atoms with E-state index in [1.807, 2.05) is 0 Å². The van der Waals surface area contributed by atoms with Crippen LogP contribution in [0.5, 0.6) is 0 Å². The van der Waals surface area contributed by atoms with Gasteiger partial charge in [-0.1, -0.05) is 126 Å². The van der Waals surface area contributed by atoms with Crippen LogP contribution < -0.4 is 9.80 Å². The largest absolute Gasteiger partial charge is 0.310 e. The summed E-state index contributed by atoms with van der Waals surface area (Å²) in [6.45, 7) is 6.54. The Bertz CT molecular complexity index is 2390. The second-order valence-electron chi connectivity index (χ2n) is 12.8. The average molecular weight is 631 g/mol. The molecule has 0 fully saturated rings. The van der Waals surface area contributed by atoms with Gasteiger partial charge in [0, 0.05) is 33.5 Å². The molecule has 0 aliphatic heterocycles. The van der Waals surface area contributed by atoms with E-state index in [1.54, 1.807) is 0 Å². The second-order valence-corrected chi connectivity index (χ2v) is 12.8. The Kier molecular flexibility index (Phi) is 7.91. The zero-order chi connectivity index (χ0) is 33.3. The third kappa shape index (κ3) is 5.62. The van der Waals surface area contributed by atoms with Crippen LogP contribution >= 0.6 is 0 Å². The lowest BCUT2D eigenvalue weighted by atomic mass is 9.89. The van der Waals surface area contributed by atoms with Crippen LogP contribution in [0.2, 0.25) is 0 Å². The molecule has 0 amide bonds. The lowest BCUT2D eigenvalue weighted by Gasteiger charge is -2.29. The van der Waals surface area contributed by atoms with E-state index in [0.717, 1.165) is 28.4 Å². The van der Waals surface area contributed by atoms with Gasteiger partial charge in [0.05, 0.1) is 11.4 Å². The van der Waals surface area contributed by atoms with Gasteiger partial charge in [-0.25, -0.2) is 0 Å². The highest BCUT2D eigenvalue weighted by Gasteiger charge is 2.22. The molecule has 0 N–H and O–H groups in total. The van der Waals surface area contributed by atoms with Gasteiger partial charge in [0.1, 0.15) is 0 Å². The number of rotatable bonds is 7. The molecule has 49 heavy (non-hydrogen) atoms. The third-order valence-electron chi connectivity index (χ3n) is 9.49. The zero-order valence-electron chi connectivity index (χ0n) is 28.1. The van der Waals surface area contributed by atoms with E-state index in [-0.39, 0.29) is 0 Å². The lowest BCUT2D eigenvalue weighted by molar-refractivity contribution is 1.28. The summed E-state index contributed by atoms with van der Waals surface area (Å²) in [6.07, 6.45) is 0. The molecule has 0 atom stereocenters. The number of fused-ring (bicyclic) bond motifs is 2. The monoisotopic (exact) mass is 630 g/mol. The number of nitrogens with zero attached hydrogens (tertiary/aromatic N) is 2. The minimum atomic E-state index is 1.13. The lowest BCUT2D eigenvalue weighted by Crippen LogP contribution is -2.11. The molecule has 0 bridgehead atoms. The van der Waals surface area contributed by atoms with Crippen LogP contribution in [0.4, 0.5) is 34.1 Å². The minimum Gasteiger partial charge on any atom is -0.310 e. The first kappa shape index (κ1) is 30.2. The summed E-state index contributed by atoms with van der Waals surface area (Å²) in [4.78, 5) is 4.76. The molecule has 0 radical (unpaired) electrons. The molecule has 236 valence electrons. The fraction of sp³-hybridized carbons (Fsp3) is 0.0638. The summed E-state index contributed by atoms with van der Waals surface area (Å²) >= 11 is 0. The molecule has 2 nitrogen and oxygen atoms in total. The maximum Gasteiger partial charge on any atom is 0.0543 e. The maximum atomic E-state index is 2.39. The van der Waals surface area contributed by atoms with Crippen molar-refractivity contribution >= 4 is 55.7 Å². The Balaban J connectivity index is 1.35. The third-order valence-corrected chi connectivity index (χ3v) is 9.49. The van der Waals surface area contributed by atoms with Crippen LogP contribution in [0, 0.1) is 20.8 Å². The van der Waals surface area contributed by atoms with Gasteiger partial charge in [0.25, 0.3) is 0 Å². The summed E-state index contributed by atoms with van der Waals surface area (Å²) in [5.41, 5.74) is 13.1. The topological polar surface area (TPSA) is 6.48 Å². The number of benzene rings is 8. The first-order valence-electron chi connectivity index (χ1n) is 16.9. The number of hydrogen-bond donors (Lipinski definition) is 0. The number of aryl methyl sites for hydroxylation is 3. The van der Waals surface area contributed by atoms with Gasteiger partial charge < -0.3 is 9.80 Å². The molecular weight excluding hydrogens is 593 g/mol. The first-order valence-corrected chi connectivity index (χ1v) is 16.9. The highest BCUT2D eigenvalue weighted by Crippen LogP contribution is 2.47. The van der Waals surface area contributed by atoms with Crippen LogP contribution in [-0.2, 0) is 0 Å². The fourth-order valence-electron chi connectivity index (χ4n) is 7.13. The van der Waals surface area contributed by atoms with Gasteiger partial charge in [-0.15, -0.1) is 0 Å². The van der Waals surface area contributed by atoms with Gasteiger partial charge in [-0.2, -0.15) is 0 Å². The van der Waals surface area contributed by atoms with Crippen LogP contribution in [0.1, 0.15) is 16.7 Å². The summed E-state index contributed by atoms with van der Waals surface area (Å²) in [6, 6.07) is 63.7. The van der Waals surface area contributed by atoms with Crippen LogP contribution in [0.25, 0.3) is 32.7 Å². The standard InChI is InChI=1S/C47H38N2/c1-33-22-26-38(27-23-33)48(36-14-6-4-7-15-36)45-31-30-44(40-18-10-11-19-41(40)45)47-35(3)32-46(42-20-12-13-21-43(42)47)49(37-16-8-5-9-17-37)39-28-24-34(2)25-29-39/h4-32H,1-3H3. The molecule has 0 saturated heterocycles. The molecule has 0 spiro atoms. The van der Waals surface area contributed by atoms with Crippen LogP contribution in [-0.4, -0.2) is 0 Å². The predicted molar refractivity (Wildman–Crippen MR) is 210 cm³/mol.